The van der Waals surface area contributed by atoms with Gasteiger partial charge in [0.2, 0.25) is 0 Å². The van der Waals surface area contributed by atoms with E-state index in [0.29, 0.717) is 0 Å². The minimum Gasteiger partial charge on any atom is -0.303 e. The molecular formula is C15H38CoN8. The molecule has 0 aliphatic carbocycles. The zero-order chi connectivity index (χ0) is 16.6. The standard InChI is InChI=1S/C12H30N8.C3H8.Co/c1-2-14-8-20-11-17-5-3-15-9-19(7-13-1)10-16-4-6-18-12-20;1-3-2;/h13-18H,1-12H2;3H2,1-2H3;. The van der Waals surface area contributed by atoms with E-state index < -0.39 is 0 Å². The molecule has 8 nitrogen and oxygen atoms in total. The van der Waals surface area contributed by atoms with Crippen molar-refractivity contribution in [3.8, 4) is 0 Å². The van der Waals surface area contributed by atoms with Gasteiger partial charge in [-0.25, -0.2) is 0 Å². The van der Waals surface area contributed by atoms with Crippen LogP contribution in [0.15, 0.2) is 0 Å². The van der Waals surface area contributed by atoms with Crippen LogP contribution in [-0.2, 0) is 16.8 Å². The van der Waals surface area contributed by atoms with Gasteiger partial charge >= 0.3 is 0 Å². The van der Waals surface area contributed by atoms with Gasteiger partial charge in [0.05, 0.1) is 40.0 Å². The minimum atomic E-state index is 0. The van der Waals surface area contributed by atoms with Crippen LogP contribution in [0.3, 0.4) is 0 Å². The fraction of sp³-hybridized carbons (Fsp3) is 1.00. The quantitative estimate of drug-likeness (QED) is 0.293. The average Bonchev–Trinajstić information content (AvgIpc) is 2.55. The van der Waals surface area contributed by atoms with Crippen LogP contribution in [0.25, 0.3) is 0 Å². The molecule has 147 valence electrons. The zero-order valence-corrected chi connectivity index (χ0v) is 16.5. The van der Waals surface area contributed by atoms with Crippen molar-refractivity contribution in [1.82, 2.24) is 41.7 Å². The summed E-state index contributed by atoms with van der Waals surface area (Å²) in [6.07, 6.45) is 1.25. The van der Waals surface area contributed by atoms with Crippen LogP contribution >= 0.6 is 0 Å². The molecule has 3 heterocycles. The van der Waals surface area contributed by atoms with E-state index >= 15 is 0 Å². The molecule has 0 unspecified atom stereocenters. The molecule has 9 heteroatoms. The third-order valence-corrected chi connectivity index (χ3v) is 3.45. The van der Waals surface area contributed by atoms with Gasteiger partial charge in [0.1, 0.15) is 0 Å². The van der Waals surface area contributed by atoms with E-state index in [1.807, 2.05) is 0 Å². The Kier molecular flexibility index (Phi) is 18.1. The molecule has 3 fully saturated rings. The van der Waals surface area contributed by atoms with Gasteiger partial charge in [-0.15, -0.1) is 0 Å². The minimum absolute atomic E-state index is 0. The van der Waals surface area contributed by atoms with E-state index in [1.54, 1.807) is 0 Å². The summed E-state index contributed by atoms with van der Waals surface area (Å²) in [7, 11) is 0. The molecular weight excluding hydrogens is 351 g/mol. The maximum atomic E-state index is 3.48. The Morgan fingerprint density at radius 2 is 0.667 bits per heavy atom. The van der Waals surface area contributed by atoms with E-state index in [0.717, 1.165) is 79.3 Å². The summed E-state index contributed by atoms with van der Waals surface area (Å²) < 4.78 is 0. The molecule has 3 saturated heterocycles. The second-order valence-corrected chi connectivity index (χ2v) is 6.00. The Morgan fingerprint density at radius 1 is 0.500 bits per heavy atom. The maximum absolute atomic E-state index is 3.48. The van der Waals surface area contributed by atoms with E-state index in [-0.39, 0.29) is 16.8 Å². The molecule has 3 aliphatic rings. The Morgan fingerprint density at radius 3 is 0.833 bits per heavy atom. The van der Waals surface area contributed by atoms with Crippen molar-refractivity contribution in [3.05, 3.63) is 0 Å². The molecule has 3 aliphatic heterocycles. The van der Waals surface area contributed by atoms with Crippen molar-refractivity contribution >= 4 is 0 Å². The predicted molar refractivity (Wildman–Crippen MR) is 96.9 cm³/mol. The number of fused-ring (bicyclic) bond motifs is 15. The van der Waals surface area contributed by atoms with Gasteiger partial charge in [-0.2, -0.15) is 0 Å². The summed E-state index contributed by atoms with van der Waals surface area (Å²) in [5, 5.41) is 20.9. The van der Waals surface area contributed by atoms with E-state index in [9.17, 15) is 0 Å². The number of rotatable bonds is 0. The Balaban J connectivity index is 0.00000123. The normalized spacial score (nSPS) is 27.8. The SMILES string of the molecule is C1CNCN2CNCCNCN(CN1)CNCCNC2.CCC.[Co]. The molecule has 0 saturated carbocycles. The van der Waals surface area contributed by atoms with Gasteiger partial charge < -0.3 is 31.9 Å². The van der Waals surface area contributed by atoms with Crippen molar-refractivity contribution < 1.29 is 16.8 Å². The van der Waals surface area contributed by atoms with E-state index in [1.165, 1.54) is 6.42 Å². The van der Waals surface area contributed by atoms with Crippen molar-refractivity contribution in [2.75, 3.05) is 79.3 Å². The third-order valence-electron chi connectivity index (χ3n) is 3.45. The second kappa shape index (κ2) is 18.0. The molecule has 0 aromatic heterocycles. The Hall–Kier alpha value is 0.186. The fourth-order valence-corrected chi connectivity index (χ4v) is 2.29. The van der Waals surface area contributed by atoms with Gasteiger partial charge in [-0.3, -0.25) is 9.80 Å². The molecule has 2 bridgehead atoms. The van der Waals surface area contributed by atoms with Crippen LogP contribution in [0, 0.1) is 0 Å². The smallest absolute Gasteiger partial charge is 0.0505 e. The molecule has 6 N–H and O–H groups in total. The summed E-state index contributed by atoms with van der Waals surface area (Å²) in [6.45, 7) is 15.7. The average molecular weight is 389 g/mol. The van der Waals surface area contributed by atoms with E-state index in [4.69, 9.17) is 0 Å². The maximum Gasteiger partial charge on any atom is 0.0505 e. The summed E-state index contributed by atoms with van der Waals surface area (Å²) in [5.74, 6) is 0. The third kappa shape index (κ3) is 13.5. The van der Waals surface area contributed by atoms with Crippen LogP contribution in [0.1, 0.15) is 20.3 Å². The summed E-state index contributed by atoms with van der Waals surface area (Å²) >= 11 is 0. The van der Waals surface area contributed by atoms with Gasteiger partial charge in [-0.1, -0.05) is 20.3 Å². The summed E-state index contributed by atoms with van der Waals surface area (Å²) in [6, 6.07) is 0. The van der Waals surface area contributed by atoms with Crippen LogP contribution in [0.5, 0.6) is 0 Å². The Bertz CT molecular complexity index is 198. The predicted octanol–water partition coefficient (Wildman–Crippen LogP) is -1.69. The van der Waals surface area contributed by atoms with Crippen LogP contribution in [0.4, 0.5) is 0 Å². The first kappa shape index (κ1) is 24.2. The molecule has 0 spiro atoms. The van der Waals surface area contributed by atoms with E-state index in [2.05, 4.69) is 55.5 Å². The molecule has 24 heavy (non-hydrogen) atoms. The summed E-state index contributed by atoms with van der Waals surface area (Å²) in [4.78, 5) is 4.70. The van der Waals surface area contributed by atoms with Crippen molar-refractivity contribution in [1.29, 1.82) is 0 Å². The van der Waals surface area contributed by atoms with Crippen LogP contribution in [0.2, 0.25) is 0 Å². The Labute approximate surface area is 158 Å². The van der Waals surface area contributed by atoms with Gasteiger partial charge in [0, 0.05) is 56.0 Å². The fourth-order valence-electron chi connectivity index (χ4n) is 2.29. The first-order chi connectivity index (χ1) is 11.4. The second-order valence-electron chi connectivity index (χ2n) is 6.00. The number of nitrogens with one attached hydrogen (secondary N) is 6. The molecule has 1 radical (unpaired) electrons. The first-order valence-corrected chi connectivity index (χ1v) is 9.05. The molecule has 0 aromatic carbocycles. The van der Waals surface area contributed by atoms with Crippen LogP contribution < -0.4 is 31.9 Å². The first-order valence-electron chi connectivity index (χ1n) is 9.05. The number of hydrogen-bond donors (Lipinski definition) is 6. The van der Waals surface area contributed by atoms with Gasteiger partial charge in [-0.05, 0) is 0 Å². The number of nitrogens with zero attached hydrogens (tertiary/aromatic N) is 2. The van der Waals surface area contributed by atoms with Gasteiger partial charge in [0.25, 0.3) is 0 Å². The molecule has 0 atom stereocenters. The zero-order valence-electron chi connectivity index (χ0n) is 15.4. The van der Waals surface area contributed by atoms with Crippen molar-refractivity contribution in [2.45, 2.75) is 20.3 Å². The topological polar surface area (TPSA) is 78.7 Å². The molecule has 0 amide bonds. The van der Waals surface area contributed by atoms with Crippen LogP contribution in [-0.4, -0.2) is 89.1 Å². The number of hydrogen-bond acceptors (Lipinski definition) is 8. The largest absolute Gasteiger partial charge is 0.303 e. The van der Waals surface area contributed by atoms with Crippen molar-refractivity contribution in [3.63, 3.8) is 0 Å². The molecule has 0 aromatic rings. The van der Waals surface area contributed by atoms with Gasteiger partial charge in [0.15, 0.2) is 0 Å². The molecule has 3 rings (SSSR count). The monoisotopic (exact) mass is 389 g/mol. The van der Waals surface area contributed by atoms with Crippen molar-refractivity contribution in [2.24, 2.45) is 0 Å². The summed E-state index contributed by atoms with van der Waals surface area (Å²) in [5.41, 5.74) is 0.